The van der Waals surface area contributed by atoms with Gasteiger partial charge >= 0.3 is 0 Å². The maximum Gasteiger partial charge on any atom is 0.244 e. The summed E-state index contributed by atoms with van der Waals surface area (Å²) in [6.07, 6.45) is 0.954. The molecule has 0 radical (unpaired) electrons. The van der Waals surface area contributed by atoms with Crippen LogP contribution in [0.4, 0.5) is 17.1 Å². The molecule has 5 nitrogen and oxygen atoms in total. The van der Waals surface area contributed by atoms with Crippen LogP contribution in [0.1, 0.15) is 29.3 Å². The number of benzene rings is 2. The summed E-state index contributed by atoms with van der Waals surface area (Å²) in [4.78, 5) is 33.4. The molecular weight excluding hydrogens is 474 g/mol. The second-order valence-corrected chi connectivity index (χ2v) is 9.78. The molecule has 0 saturated carbocycles. The number of fused-ring (bicyclic) bond motifs is 1. The summed E-state index contributed by atoms with van der Waals surface area (Å²) in [5.41, 5.74) is 4.95. The molecule has 0 atom stereocenters. The van der Waals surface area contributed by atoms with Crippen LogP contribution in [0, 0.1) is 6.92 Å². The number of para-hydroxylation sites is 3. The zero-order valence-electron chi connectivity index (χ0n) is 17.3. The molecule has 1 N–H and O–H groups in total. The van der Waals surface area contributed by atoms with Crippen LogP contribution in [-0.2, 0) is 16.0 Å². The zero-order chi connectivity index (χ0) is 22.0. The summed E-state index contributed by atoms with van der Waals surface area (Å²) in [7, 11) is 0. The van der Waals surface area contributed by atoms with Crippen molar-refractivity contribution >= 4 is 61.9 Å². The molecule has 7 heteroatoms. The Kier molecular flexibility index (Phi) is 6.34. The summed E-state index contributed by atoms with van der Waals surface area (Å²) in [5.74, 6) is -0.377. The summed E-state index contributed by atoms with van der Waals surface area (Å²) < 4.78 is 0.983. The first kappa shape index (κ1) is 21.5. The second kappa shape index (κ2) is 9.16. The van der Waals surface area contributed by atoms with Gasteiger partial charge in [0.05, 0.1) is 32.2 Å². The quantitative estimate of drug-likeness (QED) is 0.480. The third-order valence-electron chi connectivity index (χ3n) is 5.21. The summed E-state index contributed by atoms with van der Waals surface area (Å²) >= 11 is 5.01. The van der Waals surface area contributed by atoms with Gasteiger partial charge in [-0.1, -0.05) is 37.3 Å². The van der Waals surface area contributed by atoms with E-state index in [2.05, 4.69) is 28.2 Å². The number of nitrogens with one attached hydrogen (secondary N) is 1. The van der Waals surface area contributed by atoms with E-state index in [1.807, 2.05) is 61.5 Å². The van der Waals surface area contributed by atoms with Crippen LogP contribution in [-0.4, -0.2) is 24.1 Å². The number of carbonyl (C=O) groups is 2. The number of hydrogen-bond acceptors (Lipinski definition) is 4. The van der Waals surface area contributed by atoms with Crippen LogP contribution < -0.4 is 10.2 Å². The van der Waals surface area contributed by atoms with Gasteiger partial charge in [-0.25, -0.2) is 4.99 Å². The minimum atomic E-state index is -0.227. The number of thiophene rings is 1. The average molecular weight is 496 g/mol. The lowest BCUT2D eigenvalue weighted by molar-refractivity contribution is -0.120. The lowest BCUT2D eigenvalue weighted by Crippen LogP contribution is -2.38. The van der Waals surface area contributed by atoms with Crippen LogP contribution >= 0.6 is 27.3 Å². The smallest absolute Gasteiger partial charge is 0.244 e. The molecule has 1 aromatic heterocycles. The number of hydrogen-bond donors (Lipinski definition) is 1. The van der Waals surface area contributed by atoms with E-state index < -0.39 is 0 Å². The summed E-state index contributed by atoms with van der Waals surface area (Å²) in [6, 6.07) is 17.3. The highest BCUT2D eigenvalue weighted by Gasteiger charge is 2.27. The van der Waals surface area contributed by atoms with Gasteiger partial charge in [0.2, 0.25) is 11.8 Å². The van der Waals surface area contributed by atoms with Crippen molar-refractivity contribution in [3.05, 3.63) is 74.4 Å². The van der Waals surface area contributed by atoms with Gasteiger partial charge in [0.25, 0.3) is 0 Å². The first-order chi connectivity index (χ1) is 15.0. The van der Waals surface area contributed by atoms with Gasteiger partial charge in [-0.15, -0.1) is 11.3 Å². The SMILES string of the molecule is CCc1cccc(C)c1NC(=O)CN1C(=O)CC(c2ccc(Br)s2)=Nc2ccccc21. The van der Waals surface area contributed by atoms with E-state index >= 15 is 0 Å². The Balaban J connectivity index is 1.62. The van der Waals surface area contributed by atoms with E-state index in [0.717, 1.165) is 31.9 Å². The summed E-state index contributed by atoms with van der Waals surface area (Å²) in [6.45, 7) is 3.96. The van der Waals surface area contributed by atoms with Crippen molar-refractivity contribution in [3.63, 3.8) is 0 Å². The van der Waals surface area contributed by atoms with Gasteiger partial charge in [-0.3, -0.25) is 9.59 Å². The van der Waals surface area contributed by atoms with Crippen LogP contribution in [0.2, 0.25) is 0 Å². The lowest BCUT2D eigenvalue weighted by atomic mass is 10.1. The molecule has 3 aromatic rings. The Hall–Kier alpha value is -2.77. The molecule has 0 fully saturated rings. The highest BCUT2D eigenvalue weighted by Crippen LogP contribution is 2.34. The first-order valence-electron chi connectivity index (χ1n) is 10.1. The molecule has 158 valence electrons. The monoisotopic (exact) mass is 495 g/mol. The van der Waals surface area contributed by atoms with Gasteiger partial charge in [-0.05, 0) is 64.7 Å². The Morgan fingerprint density at radius 2 is 1.97 bits per heavy atom. The largest absolute Gasteiger partial charge is 0.324 e. The number of halogens is 1. The van der Waals surface area contributed by atoms with Crippen molar-refractivity contribution in [3.8, 4) is 0 Å². The number of amides is 2. The highest BCUT2D eigenvalue weighted by molar-refractivity contribution is 9.11. The van der Waals surface area contributed by atoms with Crippen molar-refractivity contribution in [2.75, 3.05) is 16.8 Å². The maximum absolute atomic E-state index is 13.2. The number of aliphatic imine (C=N–C) groups is 1. The van der Waals surface area contributed by atoms with E-state index in [-0.39, 0.29) is 24.8 Å². The standard InChI is InChI=1S/C24H22BrN3O2S/c1-3-16-8-6-7-15(2)24(16)27-22(29)14-28-19-10-5-4-9-17(19)26-18(13-23(28)30)20-11-12-21(25)31-20/h4-12H,3,13-14H2,1-2H3,(H,27,29). The summed E-state index contributed by atoms with van der Waals surface area (Å²) in [5, 5.41) is 3.02. The highest BCUT2D eigenvalue weighted by atomic mass is 79.9. The number of aryl methyl sites for hydroxylation is 2. The van der Waals surface area contributed by atoms with Crippen LogP contribution in [0.25, 0.3) is 0 Å². The van der Waals surface area contributed by atoms with Crippen LogP contribution in [0.3, 0.4) is 0 Å². The van der Waals surface area contributed by atoms with Crippen molar-refractivity contribution in [1.29, 1.82) is 0 Å². The molecule has 0 saturated heterocycles. The van der Waals surface area contributed by atoms with Crippen molar-refractivity contribution in [2.45, 2.75) is 26.7 Å². The van der Waals surface area contributed by atoms with Gasteiger partial charge in [0.15, 0.2) is 0 Å². The fraction of sp³-hybridized carbons (Fsp3) is 0.208. The molecule has 31 heavy (non-hydrogen) atoms. The fourth-order valence-corrected chi connectivity index (χ4v) is 5.03. The van der Waals surface area contributed by atoms with E-state index in [4.69, 9.17) is 4.99 Å². The normalized spacial score (nSPS) is 13.5. The predicted molar refractivity (Wildman–Crippen MR) is 131 cm³/mol. The zero-order valence-corrected chi connectivity index (χ0v) is 19.7. The lowest BCUT2D eigenvalue weighted by Gasteiger charge is -2.22. The van der Waals surface area contributed by atoms with Crippen LogP contribution in [0.15, 0.2) is 63.4 Å². The molecule has 4 rings (SSSR count). The molecular formula is C24H22BrN3O2S. The molecule has 0 bridgehead atoms. The molecule has 0 aliphatic carbocycles. The molecule has 2 aromatic carbocycles. The van der Waals surface area contributed by atoms with E-state index in [9.17, 15) is 9.59 Å². The second-order valence-electron chi connectivity index (χ2n) is 7.32. The van der Waals surface area contributed by atoms with Gasteiger partial charge in [0.1, 0.15) is 6.54 Å². The number of rotatable bonds is 5. The molecule has 0 spiro atoms. The average Bonchev–Trinajstić information content (AvgIpc) is 3.14. The first-order valence-corrected chi connectivity index (χ1v) is 11.7. The Morgan fingerprint density at radius 3 is 2.71 bits per heavy atom. The van der Waals surface area contributed by atoms with E-state index in [1.165, 1.54) is 16.2 Å². The van der Waals surface area contributed by atoms with Gasteiger partial charge in [0, 0.05) is 5.69 Å². The Labute approximate surface area is 193 Å². The van der Waals surface area contributed by atoms with Gasteiger partial charge in [-0.2, -0.15) is 0 Å². The van der Waals surface area contributed by atoms with Crippen LogP contribution in [0.5, 0.6) is 0 Å². The molecule has 2 amide bonds. The van der Waals surface area contributed by atoms with E-state index in [1.54, 1.807) is 0 Å². The Morgan fingerprint density at radius 1 is 1.16 bits per heavy atom. The number of anilines is 2. The number of nitrogens with zero attached hydrogens (tertiary/aromatic N) is 2. The van der Waals surface area contributed by atoms with Crippen molar-refractivity contribution in [1.82, 2.24) is 0 Å². The molecule has 0 unspecified atom stereocenters. The number of carbonyl (C=O) groups excluding carboxylic acids is 2. The minimum absolute atomic E-state index is 0.0652. The minimum Gasteiger partial charge on any atom is -0.324 e. The fourth-order valence-electron chi connectivity index (χ4n) is 3.65. The van der Waals surface area contributed by atoms with Gasteiger partial charge < -0.3 is 10.2 Å². The molecule has 1 aliphatic rings. The maximum atomic E-state index is 13.2. The topological polar surface area (TPSA) is 61.8 Å². The third-order valence-corrected chi connectivity index (χ3v) is 6.88. The Bertz CT molecular complexity index is 1190. The van der Waals surface area contributed by atoms with Crippen molar-refractivity contribution < 1.29 is 9.59 Å². The molecule has 1 aliphatic heterocycles. The van der Waals surface area contributed by atoms with Crippen molar-refractivity contribution in [2.24, 2.45) is 4.99 Å². The van der Waals surface area contributed by atoms with E-state index in [0.29, 0.717) is 17.1 Å². The predicted octanol–water partition coefficient (Wildman–Crippen LogP) is 5.88. The third kappa shape index (κ3) is 4.62. The molecule has 2 heterocycles.